The maximum atomic E-state index is 12.6. The van der Waals surface area contributed by atoms with Crippen molar-refractivity contribution in [2.45, 2.75) is 51.4 Å². The third-order valence-corrected chi connectivity index (χ3v) is 3.93. The van der Waals surface area contributed by atoms with E-state index in [-0.39, 0.29) is 12.4 Å². The summed E-state index contributed by atoms with van der Waals surface area (Å²) in [7, 11) is 0. The van der Waals surface area contributed by atoms with Gasteiger partial charge in [-0.3, -0.25) is 4.68 Å². The number of hydrogen-bond donors (Lipinski definition) is 1. The summed E-state index contributed by atoms with van der Waals surface area (Å²) in [6.07, 6.45) is 10.2. The van der Waals surface area contributed by atoms with Gasteiger partial charge in [-0.15, -0.1) is 12.4 Å². The van der Waals surface area contributed by atoms with E-state index in [4.69, 9.17) is 0 Å². The standard InChI is InChI=1S/C14H19F2N5.ClH/c15-14(16)21-13(5-6-18-21)9-17-7-11-8-19-20(10-11)12-3-1-2-4-12;/h5-6,8,10,12,14,17H,1-4,7,9H2;1H. The Morgan fingerprint density at radius 2 is 2.00 bits per heavy atom. The van der Waals surface area contributed by atoms with Crippen molar-refractivity contribution in [3.05, 3.63) is 35.9 Å². The normalized spacial score (nSPS) is 15.4. The van der Waals surface area contributed by atoms with E-state index in [1.807, 2.05) is 17.1 Å². The molecular formula is C14H20ClF2N5. The van der Waals surface area contributed by atoms with Crippen LogP contribution in [0.1, 0.15) is 49.5 Å². The molecule has 2 aromatic rings. The van der Waals surface area contributed by atoms with Crippen LogP contribution in [0.2, 0.25) is 0 Å². The zero-order chi connectivity index (χ0) is 14.7. The Balaban J connectivity index is 0.00000176. The molecule has 122 valence electrons. The third kappa shape index (κ3) is 3.84. The predicted octanol–water partition coefficient (Wildman–Crippen LogP) is 3.30. The van der Waals surface area contributed by atoms with Crippen LogP contribution >= 0.6 is 12.4 Å². The van der Waals surface area contributed by atoms with Crippen molar-refractivity contribution in [2.75, 3.05) is 0 Å². The van der Waals surface area contributed by atoms with E-state index in [1.165, 1.54) is 31.9 Å². The highest BCUT2D eigenvalue weighted by atomic mass is 35.5. The molecule has 3 rings (SSSR count). The minimum Gasteiger partial charge on any atom is -0.307 e. The number of nitrogens with one attached hydrogen (secondary N) is 1. The summed E-state index contributed by atoms with van der Waals surface area (Å²) >= 11 is 0. The van der Waals surface area contributed by atoms with Crippen LogP contribution < -0.4 is 5.32 Å². The van der Waals surface area contributed by atoms with Crippen molar-refractivity contribution in [1.82, 2.24) is 24.9 Å². The first kappa shape index (κ1) is 16.9. The quantitative estimate of drug-likeness (QED) is 0.883. The molecule has 0 amide bonds. The van der Waals surface area contributed by atoms with Crippen molar-refractivity contribution in [3.8, 4) is 0 Å². The van der Waals surface area contributed by atoms with Gasteiger partial charge in [0.05, 0.1) is 17.9 Å². The molecule has 22 heavy (non-hydrogen) atoms. The second kappa shape index (κ2) is 7.69. The first-order chi connectivity index (χ1) is 10.2. The highest BCUT2D eigenvalue weighted by Crippen LogP contribution is 2.28. The fourth-order valence-corrected chi connectivity index (χ4v) is 2.83. The monoisotopic (exact) mass is 331 g/mol. The average molecular weight is 332 g/mol. The van der Waals surface area contributed by atoms with Crippen LogP contribution in [0.25, 0.3) is 0 Å². The number of alkyl halides is 2. The van der Waals surface area contributed by atoms with Gasteiger partial charge < -0.3 is 5.32 Å². The van der Waals surface area contributed by atoms with Crippen molar-refractivity contribution < 1.29 is 8.78 Å². The van der Waals surface area contributed by atoms with Crippen molar-refractivity contribution in [2.24, 2.45) is 0 Å². The van der Waals surface area contributed by atoms with E-state index in [9.17, 15) is 8.78 Å². The summed E-state index contributed by atoms with van der Waals surface area (Å²) in [4.78, 5) is 0. The lowest BCUT2D eigenvalue weighted by atomic mass is 10.2. The van der Waals surface area contributed by atoms with Crippen LogP contribution in [0.5, 0.6) is 0 Å². The van der Waals surface area contributed by atoms with Crippen LogP contribution in [0.3, 0.4) is 0 Å². The smallest absolute Gasteiger partial charge is 0.307 e. The first-order valence-electron chi connectivity index (χ1n) is 7.28. The Labute approximate surface area is 134 Å². The number of halogens is 3. The van der Waals surface area contributed by atoms with Gasteiger partial charge >= 0.3 is 6.55 Å². The van der Waals surface area contributed by atoms with Crippen LogP contribution in [0.15, 0.2) is 24.7 Å². The van der Waals surface area contributed by atoms with Gasteiger partial charge in [0, 0.05) is 31.0 Å². The van der Waals surface area contributed by atoms with Crippen molar-refractivity contribution in [3.63, 3.8) is 0 Å². The van der Waals surface area contributed by atoms with Gasteiger partial charge in [-0.1, -0.05) is 12.8 Å². The van der Waals surface area contributed by atoms with Gasteiger partial charge in [-0.2, -0.15) is 19.0 Å². The molecule has 0 saturated heterocycles. The molecule has 2 heterocycles. The van der Waals surface area contributed by atoms with Crippen LogP contribution in [-0.4, -0.2) is 19.6 Å². The van der Waals surface area contributed by atoms with Gasteiger partial charge in [0.1, 0.15) is 0 Å². The molecule has 0 radical (unpaired) electrons. The second-order valence-corrected chi connectivity index (χ2v) is 5.42. The molecule has 1 fully saturated rings. The lowest BCUT2D eigenvalue weighted by Crippen LogP contribution is -2.16. The summed E-state index contributed by atoms with van der Waals surface area (Å²) in [6, 6.07) is 2.13. The number of rotatable bonds is 6. The van der Waals surface area contributed by atoms with Crippen LogP contribution in [0, 0.1) is 0 Å². The van der Waals surface area contributed by atoms with Crippen LogP contribution in [0.4, 0.5) is 8.78 Å². The zero-order valence-corrected chi connectivity index (χ0v) is 13.0. The molecular weight excluding hydrogens is 312 g/mol. The summed E-state index contributed by atoms with van der Waals surface area (Å²) in [5, 5.41) is 11.2. The summed E-state index contributed by atoms with van der Waals surface area (Å²) in [5.74, 6) is 0. The van der Waals surface area contributed by atoms with E-state index >= 15 is 0 Å². The molecule has 0 aliphatic heterocycles. The second-order valence-electron chi connectivity index (χ2n) is 5.42. The lowest BCUT2D eigenvalue weighted by Gasteiger charge is -2.09. The molecule has 5 nitrogen and oxygen atoms in total. The Kier molecular flexibility index (Phi) is 5.90. The van der Waals surface area contributed by atoms with E-state index in [1.54, 1.807) is 6.07 Å². The topological polar surface area (TPSA) is 47.7 Å². The molecule has 1 N–H and O–H groups in total. The van der Waals surface area contributed by atoms with Gasteiger partial charge in [-0.05, 0) is 18.9 Å². The van der Waals surface area contributed by atoms with Gasteiger partial charge in [0.2, 0.25) is 0 Å². The number of aromatic nitrogens is 4. The summed E-state index contributed by atoms with van der Waals surface area (Å²) in [6.45, 7) is -1.62. The molecule has 0 spiro atoms. The summed E-state index contributed by atoms with van der Waals surface area (Å²) in [5.41, 5.74) is 1.55. The van der Waals surface area contributed by atoms with E-state index in [0.29, 0.717) is 24.8 Å². The van der Waals surface area contributed by atoms with Gasteiger partial charge in [0.15, 0.2) is 0 Å². The van der Waals surface area contributed by atoms with E-state index < -0.39 is 6.55 Å². The molecule has 1 saturated carbocycles. The highest BCUT2D eigenvalue weighted by Gasteiger charge is 2.17. The molecule has 0 atom stereocenters. The van der Waals surface area contributed by atoms with Crippen molar-refractivity contribution >= 4 is 12.4 Å². The van der Waals surface area contributed by atoms with Crippen LogP contribution in [-0.2, 0) is 13.1 Å². The Bertz CT molecular complexity index is 577. The molecule has 1 aliphatic rings. The fourth-order valence-electron chi connectivity index (χ4n) is 2.83. The molecule has 0 unspecified atom stereocenters. The van der Waals surface area contributed by atoms with Gasteiger partial charge in [0.25, 0.3) is 0 Å². The minimum absolute atomic E-state index is 0. The minimum atomic E-state index is -2.60. The zero-order valence-electron chi connectivity index (χ0n) is 12.2. The summed E-state index contributed by atoms with van der Waals surface area (Å²) < 4.78 is 28.1. The van der Waals surface area contributed by atoms with E-state index in [2.05, 4.69) is 15.5 Å². The highest BCUT2D eigenvalue weighted by molar-refractivity contribution is 5.85. The van der Waals surface area contributed by atoms with Crippen molar-refractivity contribution in [1.29, 1.82) is 0 Å². The Hall–Kier alpha value is -1.47. The SMILES string of the molecule is Cl.FC(F)n1nccc1CNCc1cnn(C2CCCC2)c1. The number of nitrogens with zero attached hydrogens (tertiary/aromatic N) is 4. The largest absolute Gasteiger partial charge is 0.333 e. The van der Waals surface area contributed by atoms with Gasteiger partial charge in [-0.25, -0.2) is 4.68 Å². The molecule has 2 aromatic heterocycles. The number of hydrogen-bond acceptors (Lipinski definition) is 3. The third-order valence-electron chi connectivity index (χ3n) is 3.93. The lowest BCUT2D eigenvalue weighted by molar-refractivity contribution is 0.0531. The molecule has 1 aliphatic carbocycles. The van der Waals surface area contributed by atoms with E-state index in [0.717, 1.165) is 10.2 Å². The predicted molar refractivity (Wildman–Crippen MR) is 81.0 cm³/mol. The Morgan fingerprint density at radius 1 is 1.23 bits per heavy atom. The molecule has 0 aromatic carbocycles. The average Bonchev–Trinajstić information content (AvgIpc) is 3.20. The maximum Gasteiger partial charge on any atom is 0.333 e. The molecule has 0 bridgehead atoms. The fraction of sp³-hybridized carbons (Fsp3) is 0.571. The maximum absolute atomic E-state index is 12.6. The first-order valence-corrected chi connectivity index (χ1v) is 7.28. The Morgan fingerprint density at radius 3 is 2.73 bits per heavy atom. The molecule has 8 heteroatoms.